The Kier molecular flexibility index (Phi) is 9.29. The monoisotopic (exact) mass is 350 g/mol. The molecule has 0 atom stereocenters. The molecule has 0 spiro atoms. The molecule has 0 saturated carbocycles. The van der Waals surface area contributed by atoms with Crippen LogP contribution in [0, 0.1) is 5.82 Å². The van der Waals surface area contributed by atoms with E-state index in [4.69, 9.17) is 4.74 Å². The maximum atomic E-state index is 13.6. The predicted molar refractivity (Wildman–Crippen MR) is 101 cm³/mol. The largest absolute Gasteiger partial charge is 0.379 e. The van der Waals surface area contributed by atoms with Crippen LogP contribution in [0.25, 0.3) is 0 Å². The van der Waals surface area contributed by atoms with Gasteiger partial charge in [-0.05, 0) is 44.4 Å². The van der Waals surface area contributed by atoms with Crippen LogP contribution in [0.2, 0.25) is 0 Å². The fourth-order valence-corrected chi connectivity index (χ4v) is 2.82. The number of aliphatic imine (C=N–C) groups is 1. The lowest BCUT2D eigenvalue weighted by atomic mass is 10.1. The topological polar surface area (TPSA) is 48.9 Å². The maximum absolute atomic E-state index is 13.6. The van der Waals surface area contributed by atoms with Gasteiger partial charge in [0.05, 0.1) is 13.2 Å². The van der Waals surface area contributed by atoms with E-state index in [-0.39, 0.29) is 5.82 Å². The molecule has 1 aromatic carbocycles. The highest BCUT2D eigenvalue weighted by atomic mass is 19.1. The van der Waals surface area contributed by atoms with Gasteiger partial charge in [-0.3, -0.25) is 9.89 Å². The van der Waals surface area contributed by atoms with E-state index in [2.05, 4.69) is 20.5 Å². The van der Waals surface area contributed by atoms with Gasteiger partial charge in [0.2, 0.25) is 0 Å². The second-order valence-corrected chi connectivity index (χ2v) is 6.19. The van der Waals surface area contributed by atoms with E-state index in [1.807, 2.05) is 19.1 Å². The number of rotatable bonds is 9. The standard InChI is InChI=1S/C19H31FN4O/c1-2-21-19(23-11-9-17-7-3-4-8-18(17)20)22-10-5-6-12-24-13-15-25-16-14-24/h3-4,7-8H,2,5-6,9-16H2,1H3,(H2,21,22,23). The first kappa shape index (κ1) is 19.7. The van der Waals surface area contributed by atoms with Gasteiger partial charge < -0.3 is 15.4 Å². The molecule has 6 heteroatoms. The van der Waals surface area contributed by atoms with Crippen LogP contribution in [-0.4, -0.2) is 63.3 Å². The zero-order valence-electron chi connectivity index (χ0n) is 15.3. The van der Waals surface area contributed by atoms with Gasteiger partial charge in [-0.2, -0.15) is 0 Å². The average molecular weight is 350 g/mol. The van der Waals surface area contributed by atoms with Crippen molar-refractivity contribution in [3.05, 3.63) is 35.6 Å². The molecular weight excluding hydrogens is 319 g/mol. The molecule has 1 heterocycles. The van der Waals surface area contributed by atoms with Crippen molar-refractivity contribution in [3.63, 3.8) is 0 Å². The molecule has 0 unspecified atom stereocenters. The lowest BCUT2D eigenvalue weighted by Gasteiger charge is -2.26. The molecule has 1 aliphatic heterocycles. The van der Waals surface area contributed by atoms with E-state index in [1.165, 1.54) is 6.07 Å². The second kappa shape index (κ2) is 11.8. The summed E-state index contributed by atoms with van der Waals surface area (Å²) in [7, 11) is 0. The van der Waals surface area contributed by atoms with Gasteiger partial charge in [0.25, 0.3) is 0 Å². The van der Waals surface area contributed by atoms with E-state index in [1.54, 1.807) is 6.07 Å². The summed E-state index contributed by atoms with van der Waals surface area (Å²) >= 11 is 0. The van der Waals surface area contributed by atoms with Gasteiger partial charge in [0.15, 0.2) is 5.96 Å². The highest BCUT2D eigenvalue weighted by molar-refractivity contribution is 5.79. The summed E-state index contributed by atoms with van der Waals surface area (Å²) in [6.45, 7) is 9.26. The summed E-state index contributed by atoms with van der Waals surface area (Å²) in [4.78, 5) is 7.06. The Bertz CT molecular complexity index is 518. The van der Waals surface area contributed by atoms with E-state index < -0.39 is 0 Å². The Balaban J connectivity index is 1.64. The molecule has 0 aliphatic carbocycles. The first-order valence-corrected chi connectivity index (χ1v) is 9.35. The summed E-state index contributed by atoms with van der Waals surface area (Å²) in [5.41, 5.74) is 0.733. The molecule has 0 amide bonds. The van der Waals surface area contributed by atoms with Crippen LogP contribution < -0.4 is 10.6 Å². The van der Waals surface area contributed by atoms with Gasteiger partial charge in [0.1, 0.15) is 5.82 Å². The number of hydrogen-bond donors (Lipinski definition) is 2. The molecule has 1 aliphatic rings. The van der Waals surface area contributed by atoms with Crippen LogP contribution in [0.3, 0.4) is 0 Å². The predicted octanol–water partition coefficient (Wildman–Crippen LogP) is 2.04. The van der Waals surface area contributed by atoms with Crippen molar-refractivity contribution in [2.24, 2.45) is 4.99 Å². The molecule has 1 aromatic rings. The number of unbranched alkanes of at least 4 members (excludes halogenated alkanes) is 1. The number of halogens is 1. The Hall–Kier alpha value is -1.66. The molecule has 1 fully saturated rings. The lowest BCUT2D eigenvalue weighted by Crippen LogP contribution is -2.38. The maximum Gasteiger partial charge on any atom is 0.191 e. The van der Waals surface area contributed by atoms with Gasteiger partial charge in [-0.1, -0.05) is 18.2 Å². The zero-order chi connectivity index (χ0) is 17.7. The number of morpholine rings is 1. The summed E-state index contributed by atoms with van der Waals surface area (Å²) in [5, 5.41) is 6.52. The van der Waals surface area contributed by atoms with Gasteiger partial charge >= 0.3 is 0 Å². The molecule has 2 rings (SSSR count). The molecular formula is C19H31FN4O. The van der Waals surface area contributed by atoms with Crippen molar-refractivity contribution in [3.8, 4) is 0 Å². The highest BCUT2D eigenvalue weighted by Crippen LogP contribution is 2.06. The molecule has 0 aromatic heterocycles. The smallest absolute Gasteiger partial charge is 0.191 e. The molecule has 0 bridgehead atoms. The third kappa shape index (κ3) is 7.84. The van der Waals surface area contributed by atoms with Crippen molar-refractivity contribution < 1.29 is 9.13 Å². The molecule has 1 saturated heterocycles. The number of hydrogen-bond acceptors (Lipinski definition) is 3. The SMILES string of the molecule is CCNC(=NCCCCN1CCOCC1)NCCc1ccccc1F. The van der Waals surface area contributed by atoms with Crippen molar-refractivity contribution in [2.75, 3.05) is 52.5 Å². The molecule has 0 radical (unpaired) electrons. The van der Waals surface area contributed by atoms with Crippen LogP contribution in [-0.2, 0) is 11.2 Å². The second-order valence-electron chi connectivity index (χ2n) is 6.19. The Morgan fingerprint density at radius 3 is 2.76 bits per heavy atom. The van der Waals surface area contributed by atoms with Crippen LogP contribution in [0.15, 0.2) is 29.3 Å². The fraction of sp³-hybridized carbons (Fsp3) is 0.632. The van der Waals surface area contributed by atoms with E-state index in [0.717, 1.165) is 70.3 Å². The highest BCUT2D eigenvalue weighted by Gasteiger charge is 2.09. The lowest BCUT2D eigenvalue weighted by molar-refractivity contribution is 0.0373. The average Bonchev–Trinajstić information content (AvgIpc) is 2.64. The van der Waals surface area contributed by atoms with Crippen LogP contribution >= 0.6 is 0 Å². The number of nitrogens with zero attached hydrogens (tertiary/aromatic N) is 2. The summed E-state index contributed by atoms with van der Waals surface area (Å²) in [6.07, 6.45) is 2.87. The Morgan fingerprint density at radius 2 is 2.00 bits per heavy atom. The number of ether oxygens (including phenoxy) is 1. The first-order chi connectivity index (χ1) is 12.3. The summed E-state index contributed by atoms with van der Waals surface area (Å²) in [6, 6.07) is 6.91. The molecule has 5 nitrogen and oxygen atoms in total. The van der Waals surface area contributed by atoms with E-state index in [9.17, 15) is 4.39 Å². The number of nitrogens with one attached hydrogen (secondary N) is 2. The normalized spacial score (nSPS) is 16.0. The van der Waals surface area contributed by atoms with E-state index >= 15 is 0 Å². The van der Waals surface area contributed by atoms with Crippen molar-refractivity contribution in [1.82, 2.24) is 15.5 Å². The molecule has 25 heavy (non-hydrogen) atoms. The van der Waals surface area contributed by atoms with Crippen molar-refractivity contribution in [2.45, 2.75) is 26.2 Å². The van der Waals surface area contributed by atoms with Crippen molar-refractivity contribution >= 4 is 5.96 Å². The third-order valence-electron chi connectivity index (χ3n) is 4.24. The summed E-state index contributed by atoms with van der Waals surface area (Å²) < 4.78 is 19.0. The molecule has 140 valence electrons. The Morgan fingerprint density at radius 1 is 1.20 bits per heavy atom. The van der Waals surface area contributed by atoms with Crippen LogP contribution in [0.1, 0.15) is 25.3 Å². The van der Waals surface area contributed by atoms with Crippen LogP contribution in [0.4, 0.5) is 4.39 Å². The van der Waals surface area contributed by atoms with Gasteiger partial charge in [-0.25, -0.2) is 4.39 Å². The van der Waals surface area contributed by atoms with Gasteiger partial charge in [0, 0.05) is 32.7 Å². The fourth-order valence-electron chi connectivity index (χ4n) is 2.82. The third-order valence-corrected chi connectivity index (χ3v) is 4.24. The number of benzene rings is 1. The Labute approximate surface area is 150 Å². The molecule has 2 N–H and O–H groups in total. The minimum atomic E-state index is -0.144. The zero-order valence-corrected chi connectivity index (χ0v) is 15.3. The van der Waals surface area contributed by atoms with Gasteiger partial charge in [-0.15, -0.1) is 0 Å². The first-order valence-electron chi connectivity index (χ1n) is 9.35. The summed E-state index contributed by atoms with van der Waals surface area (Å²) in [5.74, 6) is 0.666. The minimum absolute atomic E-state index is 0.144. The minimum Gasteiger partial charge on any atom is -0.379 e. The van der Waals surface area contributed by atoms with Crippen LogP contribution in [0.5, 0.6) is 0 Å². The van der Waals surface area contributed by atoms with E-state index in [0.29, 0.717) is 13.0 Å². The number of guanidine groups is 1. The van der Waals surface area contributed by atoms with Crippen molar-refractivity contribution in [1.29, 1.82) is 0 Å². The quantitative estimate of drug-likeness (QED) is 0.406.